The lowest BCUT2D eigenvalue weighted by Gasteiger charge is -2.32. The summed E-state index contributed by atoms with van der Waals surface area (Å²) < 4.78 is 14.8. The number of aromatic nitrogens is 2. The van der Waals surface area contributed by atoms with Gasteiger partial charge in [0.15, 0.2) is 0 Å². The molecule has 0 spiro atoms. The number of carbonyl (C=O) groups excluding carboxylic acids is 2. The van der Waals surface area contributed by atoms with Crippen molar-refractivity contribution in [2.24, 2.45) is 5.92 Å². The van der Waals surface area contributed by atoms with Crippen molar-refractivity contribution in [3.05, 3.63) is 72.3 Å². The quantitative estimate of drug-likeness (QED) is 0.681. The SMILES string of the molecule is Cc1ccn(CC(=O)N2CCC[C@@H](C(=O)Nc3cccc(-c4ccc(F)cc4)c3)C2)n1. The number of nitrogens with zero attached hydrogens (tertiary/aromatic N) is 3. The highest BCUT2D eigenvalue weighted by atomic mass is 19.1. The van der Waals surface area contributed by atoms with E-state index >= 15 is 0 Å². The van der Waals surface area contributed by atoms with Crippen molar-refractivity contribution in [2.45, 2.75) is 26.3 Å². The van der Waals surface area contributed by atoms with Gasteiger partial charge in [-0.15, -0.1) is 0 Å². The van der Waals surface area contributed by atoms with Gasteiger partial charge < -0.3 is 10.2 Å². The van der Waals surface area contributed by atoms with Crippen molar-refractivity contribution in [3.8, 4) is 11.1 Å². The van der Waals surface area contributed by atoms with Gasteiger partial charge in [0.25, 0.3) is 0 Å². The van der Waals surface area contributed by atoms with Crippen molar-refractivity contribution in [3.63, 3.8) is 0 Å². The highest BCUT2D eigenvalue weighted by Gasteiger charge is 2.28. The summed E-state index contributed by atoms with van der Waals surface area (Å²) in [6.07, 6.45) is 3.32. The second-order valence-electron chi connectivity index (χ2n) is 7.91. The predicted molar refractivity (Wildman–Crippen MR) is 117 cm³/mol. The zero-order valence-corrected chi connectivity index (χ0v) is 17.4. The lowest BCUT2D eigenvalue weighted by molar-refractivity contribution is -0.135. The van der Waals surface area contributed by atoms with Crippen LogP contribution in [0.3, 0.4) is 0 Å². The number of amides is 2. The maximum Gasteiger partial charge on any atom is 0.244 e. The van der Waals surface area contributed by atoms with Crippen LogP contribution in [0.15, 0.2) is 60.8 Å². The minimum absolute atomic E-state index is 0.0288. The van der Waals surface area contributed by atoms with E-state index in [-0.39, 0.29) is 30.1 Å². The molecule has 0 saturated carbocycles. The van der Waals surface area contributed by atoms with Crippen molar-refractivity contribution < 1.29 is 14.0 Å². The molecule has 0 aliphatic carbocycles. The van der Waals surface area contributed by atoms with Crippen LogP contribution in [0.25, 0.3) is 11.1 Å². The van der Waals surface area contributed by atoms with Gasteiger partial charge in [0.2, 0.25) is 11.8 Å². The second kappa shape index (κ2) is 9.12. The Morgan fingerprint density at radius 2 is 1.94 bits per heavy atom. The Hall–Kier alpha value is -3.48. The zero-order valence-electron chi connectivity index (χ0n) is 17.4. The van der Waals surface area contributed by atoms with Gasteiger partial charge in [-0.1, -0.05) is 24.3 Å². The van der Waals surface area contributed by atoms with Gasteiger partial charge in [-0.3, -0.25) is 14.3 Å². The van der Waals surface area contributed by atoms with Crippen LogP contribution in [0.1, 0.15) is 18.5 Å². The molecule has 2 amide bonds. The summed E-state index contributed by atoms with van der Waals surface area (Å²) in [4.78, 5) is 27.3. The molecular formula is C24H25FN4O2. The number of carbonyl (C=O) groups is 2. The minimum atomic E-state index is -0.285. The van der Waals surface area contributed by atoms with Gasteiger partial charge in [-0.2, -0.15) is 5.10 Å². The van der Waals surface area contributed by atoms with Crippen LogP contribution in [0.4, 0.5) is 10.1 Å². The summed E-state index contributed by atoms with van der Waals surface area (Å²) in [6, 6.07) is 15.6. The van der Waals surface area contributed by atoms with Crippen LogP contribution in [-0.4, -0.2) is 39.6 Å². The fourth-order valence-corrected chi connectivity index (χ4v) is 3.87. The van der Waals surface area contributed by atoms with E-state index in [9.17, 15) is 14.0 Å². The molecule has 1 aromatic heterocycles. The fourth-order valence-electron chi connectivity index (χ4n) is 3.87. The van der Waals surface area contributed by atoms with E-state index in [2.05, 4.69) is 10.4 Å². The predicted octanol–water partition coefficient (Wildman–Crippen LogP) is 3.87. The van der Waals surface area contributed by atoms with Gasteiger partial charge in [-0.05, 0) is 61.2 Å². The number of piperidine rings is 1. The molecule has 4 rings (SSSR count). The molecule has 1 N–H and O–H groups in total. The number of benzene rings is 2. The maximum absolute atomic E-state index is 13.2. The molecule has 1 fully saturated rings. The maximum atomic E-state index is 13.2. The summed E-state index contributed by atoms with van der Waals surface area (Å²) in [6.45, 7) is 3.13. The molecule has 3 aromatic rings. The summed E-state index contributed by atoms with van der Waals surface area (Å²) in [5, 5.41) is 7.24. The third-order valence-corrected chi connectivity index (χ3v) is 5.52. The molecule has 1 aliphatic heterocycles. The van der Waals surface area contributed by atoms with Crippen LogP contribution in [-0.2, 0) is 16.1 Å². The lowest BCUT2D eigenvalue weighted by atomic mass is 9.96. The molecular weight excluding hydrogens is 395 g/mol. The van der Waals surface area contributed by atoms with E-state index < -0.39 is 0 Å². The van der Waals surface area contributed by atoms with Crippen LogP contribution in [0.5, 0.6) is 0 Å². The molecule has 1 atom stereocenters. The third kappa shape index (κ3) is 5.17. The first-order valence-corrected chi connectivity index (χ1v) is 10.4. The number of anilines is 1. The van der Waals surface area contributed by atoms with E-state index in [1.54, 1.807) is 27.9 Å². The highest BCUT2D eigenvalue weighted by Crippen LogP contribution is 2.24. The smallest absolute Gasteiger partial charge is 0.244 e. The summed E-state index contributed by atoms with van der Waals surface area (Å²) >= 11 is 0. The first-order valence-electron chi connectivity index (χ1n) is 10.4. The number of halogens is 1. The summed E-state index contributed by atoms with van der Waals surface area (Å²) in [5.74, 6) is -0.665. The van der Waals surface area contributed by atoms with Crippen molar-refractivity contribution >= 4 is 17.5 Å². The first-order chi connectivity index (χ1) is 15.0. The lowest BCUT2D eigenvalue weighted by Crippen LogP contribution is -2.45. The zero-order chi connectivity index (χ0) is 21.8. The number of rotatable bonds is 5. The van der Waals surface area contributed by atoms with Gasteiger partial charge in [0.05, 0.1) is 11.6 Å². The van der Waals surface area contributed by atoms with E-state index in [4.69, 9.17) is 0 Å². The molecule has 0 radical (unpaired) electrons. The molecule has 0 unspecified atom stereocenters. The van der Waals surface area contributed by atoms with Gasteiger partial charge in [-0.25, -0.2) is 4.39 Å². The van der Waals surface area contributed by atoms with Crippen molar-refractivity contribution in [1.29, 1.82) is 0 Å². The average Bonchev–Trinajstić information content (AvgIpc) is 3.19. The van der Waals surface area contributed by atoms with Crippen LogP contribution in [0.2, 0.25) is 0 Å². The Bertz CT molecular complexity index is 1080. The monoisotopic (exact) mass is 420 g/mol. The molecule has 2 heterocycles. The fraction of sp³-hybridized carbons (Fsp3) is 0.292. The second-order valence-corrected chi connectivity index (χ2v) is 7.91. The van der Waals surface area contributed by atoms with Crippen LogP contribution < -0.4 is 5.32 Å². The van der Waals surface area contributed by atoms with Gasteiger partial charge >= 0.3 is 0 Å². The van der Waals surface area contributed by atoms with E-state index in [0.717, 1.165) is 29.7 Å². The average molecular weight is 420 g/mol. The Balaban J connectivity index is 1.38. The van der Waals surface area contributed by atoms with Gasteiger partial charge in [0, 0.05) is 25.0 Å². The first kappa shape index (κ1) is 20.8. The molecule has 0 bridgehead atoms. The number of likely N-dealkylation sites (tertiary alicyclic amines) is 1. The number of hydrogen-bond acceptors (Lipinski definition) is 3. The Morgan fingerprint density at radius 3 is 2.68 bits per heavy atom. The Morgan fingerprint density at radius 1 is 1.13 bits per heavy atom. The van der Waals surface area contributed by atoms with Crippen LogP contribution in [0, 0.1) is 18.7 Å². The van der Waals surface area contributed by atoms with E-state index in [1.165, 1.54) is 12.1 Å². The molecule has 7 heteroatoms. The minimum Gasteiger partial charge on any atom is -0.340 e. The third-order valence-electron chi connectivity index (χ3n) is 5.52. The normalized spacial score (nSPS) is 16.2. The van der Waals surface area contributed by atoms with E-state index in [0.29, 0.717) is 18.8 Å². The van der Waals surface area contributed by atoms with Crippen molar-refractivity contribution in [2.75, 3.05) is 18.4 Å². The van der Waals surface area contributed by atoms with Crippen molar-refractivity contribution in [1.82, 2.24) is 14.7 Å². The molecule has 6 nitrogen and oxygen atoms in total. The topological polar surface area (TPSA) is 67.2 Å². The van der Waals surface area contributed by atoms with Crippen LogP contribution >= 0.6 is 0 Å². The molecule has 160 valence electrons. The Kier molecular flexibility index (Phi) is 6.11. The molecule has 1 aliphatic rings. The van der Waals surface area contributed by atoms with Gasteiger partial charge in [0.1, 0.15) is 12.4 Å². The van der Waals surface area contributed by atoms with E-state index in [1.807, 2.05) is 37.3 Å². The molecule has 31 heavy (non-hydrogen) atoms. The molecule has 1 saturated heterocycles. The number of aryl methyl sites for hydroxylation is 1. The number of hydrogen-bond donors (Lipinski definition) is 1. The standard InChI is InChI=1S/C24H25FN4O2/c1-17-11-13-29(27-17)16-23(30)28-12-3-5-20(15-28)24(31)26-22-6-2-4-19(14-22)18-7-9-21(25)10-8-18/h2,4,6-11,13-14,20H,3,5,12,15-16H2,1H3,(H,26,31)/t20-/m1/s1. The molecule has 2 aromatic carbocycles. The number of nitrogens with one attached hydrogen (secondary N) is 1. The largest absolute Gasteiger partial charge is 0.340 e. The summed E-state index contributed by atoms with van der Waals surface area (Å²) in [7, 11) is 0. The Labute approximate surface area is 180 Å². The summed E-state index contributed by atoms with van der Waals surface area (Å²) in [5.41, 5.74) is 3.32. The highest BCUT2D eigenvalue weighted by molar-refractivity contribution is 5.93.